The van der Waals surface area contributed by atoms with Crippen LogP contribution in [0, 0.1) is 11.8 Å². The molecule has 3 heteroatoms. The summed E-state index contributed by atoms with van der Waals surface area (Å²) < 4.78 is 0. The first-order valence-corrected chi connectivity index (χ1v) is 7.99. The van der Waals surface area contributed by atoms with Gasteiger partial charge < -0.3 is 10.2 Å². The van der Waals surface area contributed by atoms with Crippen LogP contribution in [0.2, 0.25) is 0 Å². The molecule has 0 bridgehead atoms. The van der Waals surface area contributed by atoms with Gasteiger partial charge in [-0.3, -0.25) is 0 Å². The van der Waals surface area contributed by atoms with E-state index in [0.29, 0.717) is 11.8 Å². The van der Waals surface area contributed by atoms with Crippen molar-refractivity contribution >= 4 is 5.82 Å². The molecule has 112 valence electrons. The van der Waals surface area contributed by atoms with Gasteiger partial charge in [0.2, 0.25) is 0 Å². The first kappa shape index (κ1) is 15.3. The molecular formula is C17H29N3. The molecular weight excluding hydrogens is 246 g/mol. The largest absolute Gasteiger partial charge is 0.356 e. The maximum absolute atomic E-state index is 4.84. The van der Waals surface area contributed by atoms with Gasteiger partial charge in [-0.25, -0.2) is 4.98 Å². The summed E-state index contributed by atoms with van der Waals surface area (Å²) in [6, 6.07) is 7.15. The summed E-state index contributed by atoms with van der Waals surface area (Å²) in [5.74, 6) is 2.44. The summed E-state index contributed by atoms with van der Waals surface area (Å²) >= 11 is 0. The maximum atomic E-state index is 4.84. The highest BCUT2D eigenvalue weighted by Gasteiger charge is 2.20. The second-order valence-corrected chi connectivity index (χ2v) is 6.83. The predicted molar refractivity (Wildman–Crippen MR) is 86.0 cm³/mol. The lowest BCUT2D eigenvalue weighted by atomic mass is 10.1. The number of nitrogens with zero attached hydrogens (tertiary/aromatic N) is 2. The van der Waals surface area contributed by atoms with E-state index in [-0.39, 0.29) is 0 Å². The zero-order valence-corrected chi connectivity index (χ0v) is 13.4. The predicted octanol–water partition coefficient (Wildman–Crippen LogP) is 3.45. The van der Waals surface area contributed by atoms with E-state index in [1.807, 2.05) is 0 Å². The van der Waals surface area contributed by atoms with Crippen molar-refractivity contribution in [1.29, 1.82) is 0 Å². The van der Waals surface area contributed by atoms with Crippen molar-refractivity contribution in [3.63, 3.8) is 0 Å². The van der Waals surface area contributed by atoms with Gasteiger partial charge >= 0.3 is 0 Å². The fourth-order valence-corrected chi connectivity index (χ4v) is 2.42. The molecule has 1 saturated carbocycles. The lowest BCUT2D eigenvalue weighted by molar-refractivity contribution is 0.547. The fourth-order valence-electron chi connectivity index (χ4n) is 2.42. The van der Waals surface area contributed by atoms with Crippen LogP contribution in [0.15, 0.2) is 18.2 Å². The monoisotopic (exact) mass is 275 g/mol. The van der Waals surface area contributed by atoms with Gasteiger partial charge in [-0.15, -0.1) is 0 Å². The maximum Gasteiger partial charge on any atom is 0.128 e. The molecule has 1 aliphatic rings. The Kier molecular flexibility index (Phi) is 5.41. The normalized spacial score (nSPS) is 15.1. The first-order valence-electron chi connectivity index (χ1n) is 7.99. The lowest BCUT2D eigenvalue weighted by Gasteiger charge is -2.27. The zero-order chi connectivity index (χ0) is 14.5. The molecule has 0 atom stereocenters. The van der Waals surface area contributed by atoms with Crippen molar-refractivity contribution in [3.05, 3.63) is 23.9 Å². The van der Waals surface area contributed by atoms with Crippen LogP contribution in [-0.4, -0.2) is 24.1 Å². The smallest absolute Gasteiger partial charge is 0.128 e. The third-order valence-electron chi connectivity index (χ3n) is 3.44. The Labute approximate surface area is 123 Å². The van der Waals surface area contributed by atoms with E-state index in [0.717, 1.165) is 37.2 Å². The van der Waals surface area contributed by atoms with Crippen molar-refractivity contribution < 1.29 is 0 Å². The molecule has 2 rings (SSSR count). The Balaban J connectivity index is 2.03. The van der Waals surface area contributed by atoms with Crippen LogP contribution in [0.3, 0.4) is 0 Å². The second kappa shape index (κ2) is 7.07. The van der Waals surface area contributed by atoms with Crippen LogP contribution >= 0.6 is 0 Å². The van der Waals surface area contributed by atoms with Gasteiger partial charge in [0.05, 0.1) is 5.69 Å². The summed E-state index contributed by atoms with van der Waals surface area (Å²) in [5.41, 5.74) is 1.16. The summed E-state index contributed by atoms with van der Waals surface area (Å²) in [6.07, 6.45) is 2.65. The molecule has 0 spiro atoms. The number of rotatable bonds is 8. The Bertz CT molecular complexity index is 400. The van der Waals surface area contributed by atoms with Crippen LogP contribution < -0.4 is 10.2 Å². The summed E-state index contributed by atoms with van der Waals surface area (Å²) in [6.45, 7) is 12.1. The Morgan fingerprint density at radius 1 is 1.15 bits per heavy atom. The zero-order valence-electron chi connectivity index (χ0n) is 13.4. The van der Waals surface area contributed by atoms with E-state index in [4.69, 9.17) is 4.98 Å². The topological polar surface area (TPSA) is 28.2 Å². The van der Waals surface area contributed by atoms with Crippen LogP contribution in [0.1, 0.15) is 46.2 Å². The van der Waals surface area contributed by atoms with Crippen molar-refractivity contribution in [2.45, 2.75) is 53.1 Å². The fraction of sp³-hybridized carbons (Fsp3) is 0.706. The number of aromatic nitrogens is 1. The van der Waals surface area contributed by atoms with Crippen molar-refractivity contribution in [2.24, 2.45) is 11.8 Å². The van der Waals surface area contributed by atoms with Crippen LogP contribution in [-0.2, 0) is 6.54 Å². The van der Waals surface area contributed by atoms with E-state index in [1.165, 1.54) is 12.8 Å². The molecule has 1 aromatic rings. The second-order valence-electron chi connectivity index (χ2n) is 6.83. The van der Waals surface area contributed by atoms with Crippen LogP contribution in [0.25, 0.3) is 0 Å². The minimum absolute atomic E-state index is 0.656. The molecule has 1 N–H and O–H groups in total. The number of anilines is 1. The third kappa shape index (κ3) is 5.12. The molecule has 0 saturated heterocycles. The molecule has 0 radical (unpaired) electrons. The van der Waals surface area contributed by atoms with Crippen molar-refractivity contribution in [3.8, 4) is 0 Å². The number of hydrogen-bond donors (Lipinski definition) is 1. The molecule has 0 aliphatic heterocycles. The number of hydrogen-bond acceptors (Lipinski definition) is 3. The highest BCUT2D eigenvalue weighted by molar-refractivity contribution is 5.39. The summed E-state index contributed by atoms with van der Waals surface area (Å²) in [5, 5.41) is 3.54. The van der Waals surface area contributed by atoms with Crippen LogP contribution in [0.4, 0.5) is 5.82 Å². The molecule has 1 heterocycles. The van der Waals surface area contributed by atoms with E-state index >= 15 is 0 Å². The van der Waals surface area contributed by atoms with Gasteiger partial charge in [0.15, 0.2) is 0 Å². The van der Waals surface area contributed by atoms with Gasteiger partial charge in [-0.1, -0.05) is 33.8 Å². The molecule has 3 nitrogen and oxygen atoms in total. The van der Waals surface area contributed by atoms with Crippen LogP contribution in [0.5, 0.6) is 0 Å². The molecule has 0 unspecified atom stereocenters. The Morgan fingerprint density at radius 3 is 2.35 bits per heavy atom. The van der Waals surface area contributed by atoms with E-state index in [1.54, 1.807) is 0 Å². The lowest BCUT2D eigenvalue weighted by Crippen LogP contribution is -2.32. The molecule has 0 amide bonds. The van der Waals surface area contributed by atoms with Gasteiger partial charge in [0, 0.05) is 25.7 Å². The molecule has 0 aromatic carbocycles. The average molecular weight is 275 g/mol. The molecule has 20 heavy (non-hydrogen) atoms. The standard InChI is InChI=1S/C17H29N3/c1-13(2)11-20(12-14(3)4)17-7-5-6-16(19-17)10-18-15-8-9-15/h5-7,13-15,18H,8-12H2,1-4H3. The summed E-state index contributed by atoms with van der Waals surface area (Å²) in [4.78, 5) is 7.27. The minimum atomic E-state index is 0.656. The van der Waals surface area contributed by atoms with Gasteiger partial charge in [0.1, 0.15) is 5.82 Å². The van der Waals surface area contributed by atoms with Gasteiger partial charge in [-0.2, -0.15) is 0 Å². The number of nitrogens with one attached hydrogen (secondary N) is 1. The highest BCUT2D eigenvalue weighted by Crippen LogP contribution is 2.20. The average Bonchev–Trinajstić information content (AvgIpc) is 3.19. The van der Waals surface area contributed by atoms with Gasteiger partial charge in [0.25, 0.3) is 0 Å². The molecule has 1 fully saturated rings. The number of pyridine rings is 1. The van der Waals surface area contributed by atoms with E-state index in [9.17, 15) is 0 Å². The molecule has 1 aliphatic carbocycles. The van der Waals surface area contributed by atoms with Crippen molar-refractivity contribution in [1.82, 2.24) is 10.3 Å². The minimum Gasteiger partial charge on any atom is -0.356 e. The third-order valence-corrected chi connectivity index (χ3v) is 3.44. The highest BCUT2D eigenvalue weighted by atomic mass is 15.2. The quantitative estimate of drug-likeness (QED) is 0.787. The molecule has 1 aromatic heterocycles. The van der Waals surface area contributed by atoms with E-state index < -0.39 is 0 Å². The Morgan fingerprint density at radius 2 is 1.80 bits per heavy atom. The van der Waals surface area contributed by atoms with E-state index in [2.05, 4.69) is 56.1 Å². The SMILES string of the molecule is CC(C)CN(CC(C)C)c1cccc(CNC2CC2)n1. The van der Waals surface area contributed by atoms with Crippen molar-refractivity contribution in [2.75, 3.05) is 18.0 Å². The summed E-state index contributed by atoms with van der Waals surface area (Å²) in [7, 11) is 0. The first-order chi connectivity index (χ1) is 9.54. The Hall–Kier alpha value is -1.09. The van der Waals surface area contributed by atoms with Gasteiger partial charge in [-0.05, 0) is 36.8 Å².